The fourth-order valence-corrected chi connectivity index (χ4v) is 4.17. The second-order valence-electron chi connectivity index (χ2n) is 5.41. The lowest BCUT2D eigenvalue weighted by Crippen LogP contribution is -1.96. The number of thioether (sulfide) groups is 1. The van der Waals surface area contributed by atoms with Crippen molar-refractivity contribution >= 4 is 23.1 Å². The van der Waals surface area contributed by atoms with Crippen molar-refractivity contribution in [3.8, 4) is 11.4 Å². The fourth-order valence-electron chi connectivity index (χ4n) is 2.32. The monoisotopic (exact) mass is 329 g/mol. The predicted octanol–water partition coefficient (Wildman–Crippen LogP) is 4.76. The molecule has 0 saturated carbocycles. The van der Waals surface area contributed by atoms with Crippen LogP contribution >= 0.6 is 23.1 Å². The molecule has 0 saturated heterocycles. The Morgan fingerprint density at radius 1 is 1.14 bits per heavy atom. The number of aromatic nitrogens is 3. The molecule has 3 rings (SSSR count). The molecule has 0 atom stereocenters. The van der Waals surface area contributed by atoms with Crippen LogP contribution in [0.2, 0.25) is 0 Å². The minimum atomic E-state index is 0.917. The zero-order valence-corrected chi connectivity index (χ0v) is 14.9. The van der Waals surface area contributed by atoms with E-state index in [1.54, 1.807) is 23.1 Å². The van der Waals surface area contributed by atoms with Crippen LogP contribution < -0.4 is 0 Å². The molecular weight excluding hydrogens is 310 g/mol. The largest absolute Gasteiger partial charge is 0.305 e. The number of benzene rings is 1. The van der Waals surface area contributed by atoms with Crippen molar-refractivity contribution in [1.29, 1.82) is 0 Å². The lowest BCUT2D eigenvalue weighted by molar-refractivity contribution is 0.793. The molecule has 1 aromatic carbocycles. The fraction of sp³-hybridized carbons (Fsp3) is 0.294. The molecule has 0 unspecified atom stereocenters. The van der Waals surface area contributed by atoms with Crippen molar-refractivity contribution in [3.63, 3.8) is 0 Å². The third-order valence-corrected chi connectivity index (χ3v) is 6.06. The molecule has 0 bridgehead atoms. The number of rotatable bonds is 4. The summed E-state index contributed by atoms with van der Waals surface area (Å²) in [6.45, 7) is 6.44. The van der Waals surface area contributed by atoms with Crippen LogP contribution in [-0.2, 0) is 12.8 Å². The molecule has 22 heavy (non-hydrogen) atoms. The number of aryl methyl sites for hydroxylation is 2. The lowest BCUT2D eigenvalue weighted by atomic mass is 10.1. The van der Waals surface area contributed by atoms with E-state index in [2.05, 4.69) is 65.2 Å². The molecule has 5 heteroatoms. The van der Waals surface area contributed by atoms with Crippen LogP contribution in [0.5, 0.6) is 0 Å². The predicted molar refractivity (Wildman–Crippen MR) is 94.5 cm³/mol. The third kappa shape index (κ3) is 2.83. The maximum atomic E-state index is 4.39. The van der Waals surface area contributed by atoms with Crippen LogP contribution in [0.25, 0.3) is 11.4 Å². The smallest absolute Gasteiger partial charge is 0.191 e. The zero-order valence-electron chi connectivity index (χ0n) is 13.3. The number of hydrogen-bond acceptors (Lipinski definition) is 4. The summed E-state index contributed by atoms with van der Waals surface area (Å²) >= 11 is 3.50. The van der Waals surface area contributed by atoms with Gasteiger partial charge in [0.15, 0.2) is 11.0 Å². The van der Waals surface area contributed by atoms with Gasteiger partial charge < -0.3 is 4.57 Å². The van der Waals surface area contributed by atoms with Gasteiger partial charge >= 0.3 is 0 Å². The second kappa shape index (κ2) is 6.26. The number of hydrogen-bond donors (Lipinski definition) is 0. The van der Waals surface area contributed by atoms with Crippen LogP contribution in [0.4, 0.5) is 0 Å². The molecule has 0 aliphatic carbocycles. The Balaban J connectivity index is 1.82. The van der Waals surface area contributed by atoms with E-state index in [0.717, 1.165) is 16.7 Å². The SMILES string of the molecule is Cc1ccccc1CSc1nnc(-c2csc(C)c2C)n1C. The minimum Gasteiger partial charge on any atom is -0.305 e. The van der Waals surface area contributed by atoms with Gasteiger partial charge in [-0.3, -0.25) is 0 Å². The highest BCUT2D eigenvalue weighted by Crippen LogP contribution is 2.31. The van der Waals surface area contributed by atoms with Gasteiger partial charge in [0.25, 0.3) is 0 Å². The van der Waals surface area contributed by atoms with Gasteiger partial charge in [0.05, 0.1) is 0 Å². The Morgan fingerprint density at radius 3 is 2.59 bits per heavy atom. The Hall–Kier alpha value is -1.59. The van der Waals surface area contributed by atoms with Gasteiger partial charge in [0.2, 0.25) is 0 Å². The molecule has 2 aromatic heterocycles. The Labute approximate surface area is 139 Å². The van der Waals surface area contributed by atoms with Gasteiger partial charge in [-0.2, -0.15) is 0 Å². The molecule has 3 aromatic rings. The lowest BCUT2D eigenvalue weighted by Gasteiger charge is -2.06. The molecule has 0 radical (unpaired) electrons. The summed E-state index contributed by atoms with van der Waals surface area (Å²) in [4.78, 5) is 1.34. The highest BCUT2D eigenvalue weighted by atomic mass is 32.2. The summed E-state index contributed by atoms with van der Waals surface area (Å²) in [6.07, 6.45) is 0. The molecule has 0 aliphatic rings. The number of nitrogens with zero attached hydrogens (tertiary/aromatic N) is 3. The van der Waals surface area contributed by atoms with Gasteiger partial charge in [-0.15, -0.1) is 21.5 Å². The average Bonchev–Trinajstić information content (AvgIpc) is 3.02. The van der Waals surface area contributed by atoms with Gasteiger partial charge in [0, 0.05) is 28.6 Å². The van der Waals surface area contributed by atoms with Gasteiger partial charge in [0.1, 0.15) is 0 Å². The highest BCUT2D eigenvalue weighted by molar-refractivity contribution is 7.98. The van der Waals surface area contributed by atoms with Gasteiger partial charge in [-0.05, 0) is 37.5 Å². The summed E-state index contributed by atoms with van der Waals surface area (Å²) in [5, 5.41) is 11.9. The Kier molecular flexibility index (Phi) is 4.36. The van der Waals surface area contributed by atoms with Gasteiger partial charge in [-0.1, -0.05) is 36.0 Å². The average molecular weight is 329 g/mol. The minimum absolute atomic E-state index is 0.917. The molecule has 0 spiro atoms. The van der Waals surface area contributed by atoms with Crippen molar-refractivity contribution in [2.45, 2.75) is 31.7 Å². The maximum absolute atomic E-state index is 4.39. The molecule has 0 amide bonds. The highest BCUT2D eigenvalue weighted by Gasteiger charge is 2.15. The quantitative estimate of drug-likeness (QED) is 0.647. The van der Waals surface area contributed by atoms with E-state index in [1.807, 2.05) is 7.05 Å². The first-order chi connectivity index (χ1) is 10.6. The van der Waals surface area contributed by atoms with E-state index in [-0.39, 0.29) is 0 Å². The van der Waals surface area contributed by atoms with E-state index >= 15 is 0 Å². The molecule has 0 aliphatic heterocycles. The summed E-state index contributed by atoms with van der Waals surface area (Å²) < 4.78 is 2.09. The van der Waals surface area contributed by atoms with E-state index in [9.17, 15) is 0 Å². The van der Waals surface area contributed by atoms with Crippen molar-refractivity contribution in [3.05, 3.63) is 51.2 Å². The Morgan fingerprint density at radius 2 is 1.91 bits per heavy atom. The molecule has 0 N–H and O–H groups in total. The summed E-state index contributed by atoms with van der Waals surface area (Å²) in [7, 11) is 2.04. The first-order valence-corrected chi connectivity index (χ1v) is 9.06. The maximum Gasteiger partial charge on any atom is 0.191 e. The zero-order chi connectivity index (χ0) is 15.7. The standard InChI is InChI=1S/C17H19N3S2/c1-11-7-5-6-8-14(11)9-22-17-19-18-16(20(17)4)15-10-21-13(3)12(15)2/h5-8,10H,9H2,1-4H3. The molecule has 0 fully saturated rings. The topological polar surface area (TPSA) is 30.7 Å². The second-order valence-corrected chi connectivity index (χ2v) is 7.44. The van der Waals surface area contributed by atoms with Crippen LogP contribution in [-0.4, -0.2) is 14.8 Å². The first-order valence-electron chi connectivity index (χ1n) is 7.19. The van der Waals surface area contributed by atoms with Crippen LogP contribution in [0.3, 0.4) is 0 Å². The van der Waals surface area contributed by atoms with Crippen molar-refractivity contribution in [2.75, 3.05) is 0 Å². The Bertz CT molecular complexity index is 802. The summed E-state index contributed by atoms with van der Waals surface area (Å²) in [6, 6.07) is 8.48. The van der Waals surface area contributed by atoms with E-state index in [1.165, 1.54) is 27.1 Å². The number of thiophene rings is 1. The third-order valence-electron chi connectivity index (χ3n) is 3.98. The van der Waals surface area contributed by atoms with E-state index < -0.39 is 0 Å². The molecule has 3 nitrogen and oxygen atoms in total. The van der Waals surface area contributed by atoms with Crippen LogP contribution in [0, 0.1) is 20.8 Å². The van der Waals surface area contributed by atoms with Crippen molar-refractivity contribution in [2.24, 2.45) is 7.05 Å². The van der Waals surface area contributed by atoms with Crippen LogP contribution in [0.15, 0.2) is 34.8 Å². The van der Waals surface area contributed by atoms with Crippen LogP contribution in [0.1, 0.15) is 21.6 Å². The van der Waals surface area contributed by atoms with Crippen molar-refractivity contribution < 1.29 is 0 Å². The molecule has 2 heterocycles. The van der Waals surface area contributed by atoms with E-state index in [4.69, 9.17) is 0 Å². The summed E-state index contributed by atoms with van der Waals surface area (Å²) in [5.41, 5.74) is 5.16. The van der Waals surface area contributed by atoms with Gasteiger partial charge in [-0.25, -0.2) is 0 Å². The van der Waals surface area contributed by atoms with E-state index in [0.29, 0.717) is 0 Å². The molecule has 114 valence electrons. The summed E-state index contributed by atoms with van der Waals surface area (Å²) in [5.74, 6) is 1.87. The van der Waals surface area contributed by atoms with Crippen molar-refractivity contribution in [1.82, 2.24) is 14.8 Å². The normalized spacial score (nSPS) is 11.1. The first kappa shape index (κ1) is 15.3. The molecular formula is C17H19N3S2.